The second-order valence-corrected chi connectivity index (χ2v) is 7.39. The van der Waals surface area contributed by atoms with Gasteiger partial charge in [-0.2, -0.15) is 10.4 Å². The molecule has 0 bridgehead atoms. The summed E-state index contributed by atoms with van der Waals surface area (Å²) >= 11 is 0. The van der Waals surface area contributed by atoms with Gasteiger partial charge in [-0.3, -0.25) is 9.48 Å². The van der Waals surface area contributed by atoms with Crippen LogP contribution in [0.25, 0.3) is 0 Å². The van der Waals surface area contributed by atoms with Crippen molar-refractivity contribution in [3.63, 3.8) is 0 Å². The minimum atomic E-state index is -0.147. The summed E-state index contributed by atoms with van der Waals surface area (Å²) in [7, 11) is 0. The summed E-state index contributed by atoms with van der Waals surface area (Å²) in [4.78, 5) is 14.5. The number of carbonyl (C=O) groups excluding carboxylic acids is 1. The molecule has 1 aromatic heterocycles. The van der Waals surface area contributed by atoms with E-state index in [1.807, 2.05) is 15.6 Å². The first-order valence-corrected chi connectivity index (χ1v) is 8.03. The van der Waals surface area contributed by atoms with E-state index < -0.39 is 0 Å². The third kappa shape index (κ3) is 3.32. The van der Waals surface area contributed by atoms with Gasteiger partial charge in [0.05, 0.1) is 11.6 Å². The Balaban J connectivity index is 2.23. The number of nitriles is 1. The number of likely N-dealkylation sites (tertiary alicyclic amines) is 1. The molecule has 0 saturated carbocycles. The Morgan fingerprint density at radius 2 is 1.95 bits per heavy atom. The molecular weight excluding hydrogens is 276 g/mol. The number of aromatic nitrogens is 2. The van der Waals surface area contributed by atoms with Crippen LogP contribution in [0.1, 0.15) is 69.6 Å². The van der Waals surface area contributed by atoms with Gasteiger partial charge in [0.2, 0.25) is 0 Å². The van der Waals surface area contributed by atoms with Gasteiger partial charge < -0.3 is 4.90 Å². The monoisotopic (exact) mass is 302 g/mol. The SMILES string of the molecule is CC(C)c1cc(C(=O)N2CCC(C#N)CC2)nn1C(C)(C)C. The fraction of sp³-hybridized carbons (Fsp3) is 0.706. The van der Waals surface area contributed by atoms with Crippen molar-refractivity contribution in [1.29, 1.82) is 5.26 Å². The third-order valence-corrected chi connectivity index (χ3v) is 4.15. The van der Waals surface area contributed by atoms with Gasteiger partial charge in [0.1, 0.15) is 0 Å². The molecule has 5 heteroatoms. The van der Waals surface area contributed by atoms with E-state index in [9.17, 15) is 4.79 Å². The lowest BCUT2D eigenvalue weighted by Gasteiger charge is -2.28. The van der Waals surface area contributed by atoms with Crippen LogP contribution in [0.2, 0.25) is 0 Å². The molecular formula is C17H26N4O. The Morgan fingerprint density at radius 3 is 2.36 bits per heavy atom. The Kier molecular flexibility index (Phi) is 4.60. The van der Waals surface area contributed by atoms with Crippen molar-refractivity contribution < 1.29 is 4.79 Å². The van der Waals surface area contributed by atoms with E-state index >= 15 is 0 Å². The van der Waals surface area contributed by atoms with E-state index in [4.69, 9.17) is 5.26 Å². The van der Waals surface area contributed by atoms with Crippen molar-refractivity contribution in [2.24, 2.45) is 5.92 Å². The van der Waals surface area contributed by atoms with Crippen molar-refractivity contribution in [1.82, 2.24) is 14.7 Å². The molecule has 0 N–H and O–H groups in total. The summed E-state index contributed by atoms with van der Waals surface area (Å²) in [6, 6.07) is 4.22. The molecule has 5 nitrogen and oxygen atoms in total. The quantitative estimate of drug-likeness (QED) is 0.843. The Hall–Kier alpha value is -1.83. The lowest BCUT2D eigenvalue weighted by atomic mass is 9.98. The summed E-state index contributed by atoms with van der Waals surface area (Å²) in [6.07, 6.45) is 1.53. The van der Waals surface area contributed by atoms with E-state index in [1.165, 1.54) is 0 Å². The number of amides is 1. The van der Waals surface area contributed by atoms with Crippen LogP contribution in [0, 0.1) is 17.2 Å². The maximum absolute atomic E-state index is 12.7. The summed E-state index contributed by atoms with van der Waals surface area (Å²) < 4.78 is 1.97. The van der Waals surface area contributed by atoms with Crippen LogP contribution in [0.4, 0.5) is 0 Å². The largest absolute Gasteiger partial charge is 0.337 e. The number of carbonyl (C=O) groups is 1. The van der Waals surface area contributed by atoms with Gasteiger partial charge >= 0.3 is 0 Å². The van der Waals surface area contributed by atoms with Gasteiger partial charge in [-0.1, -0.05) is 13.8 Å². The Labute approximate surface area is 132 Å². The standard InChI is InChI=1S/C17H26N4O/c1-12(2)15-10-14(19-21(15)17(3,4)5)16(22)20-8-6-13(11-18)7-9-20/h10,12-13H,6-9H2,1-5H3. The fourth-order valence-corrected chi connectivity index (χ4v) is 2.82. The van der Waals surface area contributed by atoms with Gasteiger partial charge in [-0.15, -0.1) is 0 Å². The van der Waals surface area contributed by atoms with Gasteiger partial charge in [0.15, 0.2) is 5.69 Å². The van der Waals surface area contributed by atoms with Crippen molar-refractivity contribution in [3.05, 3.63) is 17.5 Å². The second-order valence-electron chi connectivity index (χ2n) is 7.39. The van der Waals surface area contributed by atoms with Crippen LogP contribution in [0.5, 0.6) is 0 Å². The van der Waals surface area contributed by atoms with Crippen LogP contribution in [-0.4, -0.2) is 33.7 Å². The molecule has 1 aliphatic heterocycles. The second kappa shape index (κ2) is 6.12. The molecule has 1 aromatic rings. The van der Waals surface area contributed by atoms with Crippen molar-refractivity contribution in [2.75, 3.05) is 13.1 Å². The first-order chi connectivity index (χ1) is 10.2. The van der Waals surface area contributed by atoms with Crippen molar-refractivity contribution in [2.45, 2.75) is 58.9 Å². The average Bonchev–Trinajstić information content (AvgIpc) is 2.92. The lowest BCUT2D eigenvalue weighted by Crippen LogP contribution is -2.38. The van der Waals surface area contributed by atoms with E-state index in [0.717, 1.165) is 18.5 Å². The summed E-state index contributed by atoms with van der Waals surface area (Å²) in [6.45, 7) is 11.8. The van der Waals surface area contributed by atoms with Crippen LogP contribution >= 0.6 is 0 Å². The van der Waals surface area contributed by atoms with Gasteiger partial charge in [-0.25, -0.2) is 0 Å². The summed E-state index contributed by atoms with van der Waals surface area (Å²) in [5, 5.41) is 13.5. The molecule has 2 rings (SSSR count). The predicted molar refractivity (Wildman–Crippen MR) is 85.6 cm³/mol. The fourth-order valence-electron chi connectivity index (χ4n) is 2.82. The van der Waals surface area contributed by atoms with Crippen LogP contribution in [0.3, 0.4) is 0 Å². The first kappa shape index (κ1) is 16.5. The van der Waals surface area contributed by atoms with Gasteiger partial charge in [0.25, 0.3) is 5.91 Å². The third-order valence-electron chi connectivity index (χ3n) is 4.15. The zero-order chi connectivity index (χ0) is 16.5. The van der Waals surface area contributed by atoms with Crippen molar-refractivity contribution >= 4 is 5.91 Å². The molecule has 0 radical (unpaired) electrons. The first-order valence-electron chi connectivity index (χ1n) is 8.03. The minimum Gasteiger partial charge on any atom is -0.337 e. The highest BCUT2D eigenvalue weighted by atomic mass is 16.2. The van der Waals surface area contributed by atoms with Gasteiger partial charge in [-0.05, 0) is 45.6 Å². The average molecular weight is 302 g/mol. The molecule has 0 unspecified atom stereocenters. The highest BCUT2D eigenvalue weighted by Gasteiger charge is 2.28. The molecule has 22 heavy (non-hydrogen) atoms. The number of hydrogen-bond donors (Lipinski definition) is 0. The molecule has 0 spiro atoms. The molecule has 0 aromatic carbocycles. The summed E-state index contributed by atoms with van der Waals surface area (Å²) in [5.41, 5.74) is 1.46. The van der Waals surface area contributed by atoms with Crippen LogP contribution < -0.4 is 0 Å². The minimum absolute atomic E-state index is 0.0127. The number of hydrogen-bond acceptors (Lipinski definition) is 3. The maximum Gasteiger partial charge on any atom is 0.274 e. The van der Waals surface area contributed by atoms with Crippen LogP contribution in [0.15, 0.2) is 6.07 Å². The molecule has 1 amide bonds. The molecule has 0 atom stereocenters. The zero-order valence-electron chi connectivity index (χ0n) is 14.3. The Morgan fingerprint density at radius 1 is 1.36 bits per heavy atom. The molecule has 1 aliphatic rings. The van der Waals surface area contributed by atoms with E-state index in [-0.39, 0.29) is 17.4 Å². The van der Waals surface area contributed by atoms with Gasteiger partial charge in [0, 0.05) is 24.7 Å². The number of piperidine rings is 1. The number of rotatable bonds is 2. The van der Waals surface area contributed by atoms with Crippen LogP contribution in [-0.2, 0) is 5.54 Å². The summed E-state index contributed by atoms with van der Waals surface area (Å²) in [5.74, 6) is 0.390. The van der Waals surface area contributed by atoms with Crippen molar-refractivity contribution in [3.8, 4) is 6.07 Å². The zero-order valence-corrected chi connectivity index (χ0v) is 14.3. The highest BCUT2D eigenvalue weighted by Crippen LogP contribution is 2.25. The predicted octanol–water partition coefficient (Wildman–Crippen LogP) is 3.14. The molecule has 1 fully saturated rings. The normalized spacial score (nSPS) is 16.9. The van der Waals surface area contributed by atoms with E-state index in [2.05, 4.69) is 45.8 Å². The number of nitrogens with zero attached hydrogens (tertiary/aromatic N) is 4. The molecule has 120 valence electrons. The maximum atomic E-state index is 12.7. The molecule has 1 saturated heterocycles. The van der Waals surface area contributed by atoms with E-state index in [1.54, 1.807) is 0 Å². The molecule has 0 aliphatic carbocycles. The van der Waals surface area contributed by atoms with E-state index in [0.29, 0.717) is 24.7 Å². The lowest BCUT2D eigenvalue weighted by molar-refractivity contribution is 0.0699. The smallest absolute Gasteiger partial charge is 0.274 e. The highest BCUT2D eigenvalue weighted by molar-refractivity contribution is 5.92. The topological polar surface area (TPSA) is 61.9 Å². The Bertz CT molecular complexity index is 581. The molecule has 2 heterocycles.